The minimum atomic E-state index is -0.670. The number of aromatic nitrogens is 4. The van der Waals surface area contributed by atoms with Crippen molar-refractivity contribution in [3.63, 3.8) is 0 Å². The molecule has 0 aliphatic carbocycles. The number of hydrogen-bond acceptors (Lipinski definition) is 8. The highest BCUT2D eigenvalue weighted by Gasteiger charge is 2.24. The first-order valence-corrected chi connectivity index (χ1v) is 9.10. The third-order valence-corrected chi connectivity index (χ3v) is 4.00. The van der Waals surface area contributed by atoms with Gasteiger partial charge in [-0.05, 0) is 32.9 Å². The molecule has 0 saturated carbocycles. The Hall–Kier alpha value is -3.82. The molecule has 158 valence electrons. The molecule has 2 N–H and O–H groups in total. The lowest BCUT2D eigenvalue weighted by atomic mass is 10.2. The lowest BCUT2D eigenvalue weighted by molar-refractivity contribution is 0.0587. The third kappa shape index (κ3) is 4.27. The molecule has 0 saturated heterocycles. The predicted molar refractivity (Wildman–Crippen MR) is 113 cm³/mol. The maximum absolute atomic E-state index is 12.6. The number of fused-ring (bicyclic) bond motifs is 1. The molecule has 0 spiro atoms. The summed E-state index contributed by atoms with van der Waals surface area (Å²) in [6.45, 7) is 8.90. The highest BCUT2D eigenvalue weighted by Crippen LogP contribution is 2.29. The number of methoxy groups -OCH3 is 1. The number of aliphatic hydroxyl groups is 1. The van der Waals surface area contributed by atoms with E-state index in [1.54, 1.807) is 52.2 Å². The van der Waals surface area contributed by atoms with E-state index in [9.17, 15) is 9.90 Å². The molecule has 0 bridgehead atoms. The van der Waals surface area contributed by atoms with Gasteiger partial charge in [-0.2, -0.15) is 9.61 Å². The van der Waals surface area contributed by atoms with Crippen molar-refractivity contribution in [3.05, 3.63) is 42.7 Å². The normalized spacial score (nSPS) is 11.2. The number of rotatable bonds is 5. The molecule has 0 fully saturated rings. The molecule has 30 heavy (non-hydrogen) atoms. The van der Waals surface area contributed by atoms with E-state index in [-0.39, 0.29) is 5.76 Å². The highest BCUT2D eigenvalue weighted by molar-refractivity contribution is 5.88. The van der Waals surface area contributed by atoms with E-state index < -0.39 is 11.7 Å². The van der Waals surface area contributed by atoms with Crippen LogP contribution in [0.2, 0.25) is 0 Å². The van der Waals surface area contributed by atoms with Crippen molar-refractivity contribution < 1.29 is 19.4 Å². The number of nitrogens with zero attached hydrogens (tertiary/aromatic N) is 5. The first-order valence-electron chi connectivity index (χ1n) is 9.10. The molecule has 10 nitrogen and oxygen atoms in total. The summed E-state index contributed by atoms with van der Waals surface area (Å²) in [5.74, 6) is 0.926. The molecule has 0 atom stereocenters. The van der Waals surface area contributed by atoms with Crippen LogP contribution in [-0.4, -0.2) is 50.5 Å². The Kier molecular flexibility index (Phi) is 5.50. The fourth-order valence-electron chi connectivity index (χ4n) is 2.66. The molecular weight excluding hydrogens is 388 g/mol. The lowest BCUT2D eigenvalue weighted by Crippen LogP contribution is -2.35. The van der Waals surface area contributed by atoms with Crippen LogP contribution in [0, 0.1) is 0 Å². The van der Waals surface area contributed by atoms with Crippen molar-refractivity contribution in [2.24, 2.45) is 0 Å². The summed E-state index contributed by atoms with van der Waals surface area (Å²) in [5.41, 5.74) is 0.541. The second-order valence-corrected chi connectivity index (χ2v) is 7.46. The van der Waals surface area contributed by atoms with Crippen LogP contribution in [0.5, 0.6) is 5.88 Å². The summed E-state index contributed by atoms with van der Waals surface area (Å²) in [5, 5.41) is 17.3. The van der Waals surface area contributed by atoms with Crippen LogP contribution >= 0.6 is 0 Å². The van der Waals surface area contributed by atoms with Crippen LogP contribution < -0.4 is 15.0 Å². The first-order chi connectivity index (χ1) is 14.1. The summed E-state index contributed by atoms with van der Waals surface area (Å²) in [7, 11) is 3.07. The Morgan fingerprint density at radius 2 is 2.10 bits per heavy atom. The number of aliphatic hydroxyl groups excluding tert-OH is 1. The molecule has 0 unspecified atom stereocenters. The molecule has 3 aromatic rings. The molecule has 3 heterocycles. The maximum atomic E-state index is 12.6. The van der Waals surface area contributed by atoms with Gasteiger partial charge in [0, 0.05) is 19.3 Å². The Labute approximate surface area is 173 Å². The molecule has 3 rings (SSSR count). The van der Waals surface area contributed by atoms with Gasteiger partial charge in [0.05, 0.1) is 18.9 Å². The van der Waals surface area contributed by atoms with E-state index in [2.05, 4.69) is 27.0 Å². The number of carbonyl (C=O) groups is 1. The van der Waals surface area contributed by atoms with E-state index in [0.29, 0.717) is 34.4 Å². The Balaban J connectivity index is 2.11. The van der Waals surface area contributed by atoms with Crippen molar-refractivity contribution in [2.45, 2.75) is 26.4 Å². The monoisotopic (exact) mass is 412 g/mol. The predicted octanol–water partition coefficient (Wildman–Crippen LogP) is 3.78. The Morgan fingerprint density at radius 3 is 2.73 bits per heavy atom. The van der Waals surface area contributed by atoms with Gasteiger partial charge in [-0.1, -0.05) is 6.58 Å². The average molecular weight is 412 g/mol. The number of hydrogen-bond donors (Lipinski definition) is 2. The lowest BCUT2D eigenvalue weighted by Gasteiger charge is -2.25. The van der Waals surface area contributed by atoms with Gasteiger partial charge in [0.25, 0.3) is 0 Å². The quantitative estimate of drug-likeness (QED) is 0.609. The van der Waals surface area contributed by atoms with Crippen LogP contribution in [-0.2, 0) is 4.74 Å². The van der Waals surface area contributed by atoms with E-state index in [4.69, 9.17) is 9.47 Å². The molecule has 0 radical (unpaired) electrons. The van der Waals surface area contributed by atoms with Crippen LogP contribution in [0.4, 0.5) is 22.1 Å². The summed E-state index contributed by atoms with van der Waals surface area (Å²) in [6.07, 6.45) is 2.46. The number of pyridine rings is 1. The van der Waals surface area contributed by atoms with Gasteiger partial charge >= 0.3 is 6.09 Å². The van der Waals surface area contributed by atoms with Crippen LogP contribution in [0.3, 0.4) is 0 Å². The first kappa shape index (κ1) is 20.9. The Bertz CT molecular complexity index is 1100. The zero-order valence-corrected chi connectivity index (χ0v) is 17.5. The van der Waals surface area contributed by atoms with Crippen molar-refractivity contribution in [1.29, 1.82) is 0 Å². The largest absolute Gasteiger partial charge is 0.508 e. The number of amides is 1. The van der Waals surface area contributed by atoms with Gasteiger partial charge in [0.15, 0.2) is 5.65 Å². The summed E-state index contributed by atoms with van der Waals surface area (Å²) < 4.78 is 12.1. The zero-order valence-electron chi connectivity index (χ0n) is 17.5. The van der Waals surface area contributed by atoms with Gasteiger partial charge in [-0.15, -0.1) is 0 Å². The average Bonchev–Trinajstić information content (AvgIpc) is 3.10. The zero-order chi connectivity index (χ0) is 22.1. The minimum Gasteiger partial charge on any atom is -0.508 e. The molecule has 1 amide bonds. The van der Waals surface area contributed by atoms with E-state index in [1.807, 2.05) is 0 Å². The number of carbonyl (C=O) groups excluding carboxylic acids is 1. The van der Waals surface area contributed by atoms with Gasteiger partial charge in [0.1, 0.15) is 28.7 Å². The number of nitrogens with one attached hydrogen (secondary N) is 1. The van der Waals surface area contributed by atoms with E-state index in [1.165, 1.54) is 22.7 Å². The fourth-order valence-corrected chi connectivity index (χ4v) is 2.66. The smallest absolute Gasteiger partial charge is 0.415 e. The number of anilines is 3. The van der Waals surface area contributed by atoms with Crippen molar-refractivity contribution in [3.8, 4) is 5.88 Å². The molecular formula is C20H24N6O4. The molecule has 0 aromatic carbocycles. The van der Waals surface area contributed by atoms with E-state index >= 15 is 0 Å². The summed E-state index contributed by atoms with van der Waals surface area (Å²) in [6, 6.07) is 5.15. The fraction of sp³-hybridized carbons (Fsp3) is 0.300. The minimum absolute atomic E-state index is 0.195. The molecule has 10 heteroatoms. The second-order valence-electron chi connectivity index (χ2n) is 7.46. The Morgan fingerprint density at radius 1 is 1.37 bits per heavy atom. The molecule has 3 aromatic heterocycles. The van der Waals surface area contributed by atoms with Crippen LogP contribution in [0.25, 0.3) is 11.4 Å². The molecule has 0 aliphatic heterocycles. The third-order valence-electron chi connectivity index (χ3n) is 4.00. The van der Waals surface area contributed by atoms with Crippen molar-refractivity contribution in [2.75, 3.05) is 24.4 Å². The van der Waals surface area contributed by atoms with Gasteiger partial charge < -0.3 is 19.9 Å². The van der Waals surface area contributed by atoms with Crippen LogP contribution in [0.15, 0.2) is 37.2 Å². The highest BCUT2D eigenvalue weighted by atomic mass is 16.6. The standard InChI is InChI=1S/C20H24N6O4/c1-12(27)13-11-22-26-16(25(5)19(28)30-20(2,3)4)10-15(24-17(13)26)23-14-8-7-9-21-18(14)29-6/h7-11,27H,1H2,2-6H3,(H,23,24). The van der Waals surface area contributed by atoms with E-state index in [0.717, 1.165) is 0 Å². The summed E-state index contributed by atoms with van der Waals surface area (Å²) in [4.78, 5) is 22.6. The van der Waals surface area contributed by atoms with Gasteiger partial charge in [-0.25, -0.2) is 14.8 Å². The van der Waals surface area contributed by atoms with Gasteiger partial charge in [0.2, 0.25) is 5.88 Å². The van der Waals surface area contributed by atoms with Crippen molar-refractivity contribution in [1.82, 2.24) is 19.6 Å². The summed E-state index contributed by atoms with van der Waals surface area (Å²) >= 11 is 0. The molecule has 0 aliphatic rings. The second kappa shape index (κ2) is 7.90. The van der Waals surface area contributed by atoms with Crippen LogP contribution in [0.1, 0.15) is 26.3 Å². The topological polar surface area (TPSA) is 114 Å². The van der Waals surface area contributed by atoms with Crippen molar-refractivity contribution >= 4 is 34.8 Å². The van der Waals surface area contributed by atoms with Gasteiger partial charge in [-0.3, -0.25) is 4.90 Å². The SMILES string of the molecule is C=C(O)c1cnn2c(N(C)C(=O)OC(C)(C)C)cc(Nc3cccnc3OC)nc12. The number of ether oxygens (including phenoxy) is 2. The maximum Gasteiger partial charge on any atom is 0.415 e.